The highest BCUT2D eigenvalue weighted by atomic mass is 14.3. The Labute approximate surface area is 90.5 Å². The van der Waals surface area contributed by atoms with Crippen molar-refractivity contribution < 1.29 is 0 Å². The third-order valence-corrected chi connectivity index (χ3v) is 3.98. The molecule has 0 heterocycles. The zero-order chi connectivity index (χ0) is 10.2. The molecule has 0 radical (unpaired) electrons. The van der Waals surface area contributed by atoms with Gasteiger partial charge in [-0.25, -0.2) is 0 Å². The minimum atomic E-state index is 1.05. The van der Waals surface area contributed by atoms with Crippen LogP contribution in [0.25, 0.3) is 0 Å². The molecule has 0 aromatic rings. The largest absolute Gasteiger partial charge is 0.0654 e. The molecule has 0 aliphatic heterocycles. The van der Waals surface area contributed by atoms with Crippen LogP contribution in [0.4, 0.5) is 0 Å². The van der Waals surface area contributed by atoms with E-state index in [-0.39, 0.29) is 0 Å². The van der Waals surface area contributed by atoms with Crippen LogP contribution >= 0.6 is 0 Å². The summed E-state index contributed by atoms with van der Waals surface area (Å²) in [6.07, 6.45) is 14.8. The van der Waals surface area contributed by atoms with Crippen LogP contribution in [0.15, 0.2) is 0 Å². The lowest BCUT2D eigenvalue weighted by atomic mass is 9.72. The van der Waals surface area contributed by atoms with Crippen molar-refractivity contribution in [2.24, 2.45) is 11.8 Å². The monoisotopic (exact) mass is 196 g/mol. The van der Waals surface area contributed by atoms with Crippen molar-refractivity contribution in [2.75, 3.05) is 0 Å². The molecule has 0 saturated heterocycles. The van der Waals surface area contributed by atoms with E-state index in [1.165, 1.54) is 64.2 Å². The Balaban J connectivity index is 1.76. The zero-order valence-electron chi connectivity index (χ0n) is 10.2. The second-order valence-corrected chi connectivity index (χ2v) is 5.22. The maximum Gasteiger partial charge on any atom is -0.0388 e. The first-order valence-electron chi connectivity index (χ1n) is 6.84. The van der Waals surface area contributed by atoms with Crippen LogP contribution in [0, 0.1) is 11.8 Å². The van der Waals surface area contributed by atoms with Crippen LogP contribution < -0.4 is 0 Å². The molecule has 0 heteroatoms. The first kappa shape index (κ1) is 12.1. The van der Waals surface area contributed by atoms with Crippen LogP contribution in [0.5, 0.6) is 0 Å². The van der Waals surface area contributed by atoms with E-state index in [1.807, 2.05) is 0 Å². The van der Waals surface area contributed by atoms with Crippen molar-refractivity contribution in [3.63, 3.8) is 0 Å². The van der Waals surface area contributed by atoms with E-state index in [2.05, 4.69) is 13.8 Å². The lowest BCUT2D eigenvalue weighted by molar-refractivity contribution is 0.178. The highest BCUT2D eigenvalue weighted by Crippen LogP contribution is 2.37. The van der Waals surface area contributed by atoms with Gasteiger partial charge in [-0.05, 0) is 18.3 Å². The van der Waals surface area contributed by atoms with Gasteiger partial charge in [-0.2, -0.15) is 0 Å². The predicted molar refractivity (Wildman–Crippen MR) is 64.5 cm³/mol. The minimum absolute atomic E-state index is 1.05. The summed E-state index contributed by atoms with van der Waals surface area (Å²) >= 11 is 0. The molecule has 0 spiro atoms. The lowest BCUT2D eigenvalue weighted by Crippen LogP contribution is -2.22. The quantitative estimate of drug-likeness (QED) is 0.470. The SMILES string of the molecule is CCCCCCCCCC1CCC1C. The van der Waals surface area contributed by atoms with Crippen molar-refractivity contribution in [1.82, 2.24) is 0 Å². The van der Waals surface area contributed by atoms with Crippen LogP contribution in [0.3, 0.4) is 0 Å². The first-order chi connectivity index (χ1) is 6.84. The molecular formula is C14H28. The van der Waals surface area contributed by atoms with Crippen molar-refractivity contribution in [1.29, 1.82) is 0 Å². The molecule has 2 atom stereocenters. The van der Waals surface area contributed by atoms with Crippen LogP contribution in [-0.4, -0.2) is 0 Å². The molecule has 14 heavy (non-hydrogen) atoms. The highest BCUT2D eigenvalue weighted by Gasteiger charge is 2.25. The number of rotatable bonds is 8. The second-order valence-electron chi connectivity index (χ2n) is 5.22. The Bertz CT molecular complexity index is 128. The molecule has 84 valence electrons. The summed E-state index contributed by atoms with van der Waals surface area (Å²) in [5.41, 5.74) is 0. The van der Waals surface area contributed by atoms with E-state index in [1.54, 1.807) is 0 Å². The van der Waals surface area contributed by atoms with Gasteiger partial charge < -0.3 is 0 Å². The van der Waals surface area contributed by atoms with Gasteiger partial charge in [0.15, 0.2) is 0 Å². The van der Waals surface area contributed by atoms with Crippen molar-refractivity contribution in [2.45, 2.75) is 78.1 Å². The van der Waals surface area contributed by atoms with Crippen LogP contribution in [0.2, 0.25) is 0 Å². The van der Waals surface area contributed by atoms with Gasteiger partial charge in [-0.1, -0.05) is 71.6 Å². The molecule has 1 aliphatic carbocycles. The standard InChI is InChI=1S/C14H28/c1-3-4-5-6-7-8-9-10-14-12-11-13(14)2/h13-14H,3-12H2,1-2H3. The summed E-state index contributed by atoms with van der Waals surface area (Å²) < 4.78 is 0. The number of unbranched alkanes of at least 4 members (excludes halogenated alkanes) is 6. The summed E-state index contributed by atoms with van der Waals surface area (Å²) in [4.78, 5) is 0. The van der Waals surface area contributed by atoms with Crippen molar-refractivity contribution in [3.05, 3.63) is 0 Å². The van der Waals surface area contributed by atoms with Crippen LogP contribution in [-0.2, 0) is 0 Å². The fraction of sp³-hybridized carbons (Fsp3) is 1.00. The molecule has 0 N–H and O–H groups in total. The molecular weight excluding hydrogens is 168 g/mol. The van der Waals surface area contributed by atoms with E-state index in [4.69, 9.17) is 0 Å². The van der Waals surface area contributed by atoms with Gasteiger partial charge in [-0.3, -0.25) is 0 Å². The summed E-state index contributed by atoms with van der Waals surface area (Å²) in [7, 11) is 0. The Morgan fingerprint density at radius 3 is 2.00 bits per heavy atom. The van der Waals surface area contributed by atoms with E-state index in [9.17, 15) is 0 Å². The second kappa shape index (κ2) is 7.31. The molecule has 2 unspecified atom stereocenters. The van der Waals surface area contributed by atoms with Gasteiger partial charge in [0.2, 0.25) is 0 Å². The minimum Gasteiger partial charge on any atom is -0.0654 e. The van der Waals surface area contributed by atoms with Gasteiger partial charge in [0.25, 0.3) is 0 Å². The lowest BCUT2D eigenvalue weighted by Gasteiger charge is -2.33. The first-order valence-corrected chi connectivity index (χ1v) is 6.84. The summed E-state index contributed by atoms with van der Waals surface area (Å²) in [5, 5.41) is 0. The van der Waals surface area contributed by atoms with Gasteiger partial charge in [0, 0.05) is 0 Å². The third-order valence-electron chi connectivity index (χ3n) is 3.98. The molecule has 0 amide bonds. The molecule has 0 nitrogen and oxygen atoms in total. The van der Waals surface area contributed by atoms with Gasteiger partial charge in [0.1, 0.15) is 0 Å². The summed E-state index contributed by atoms with van der Waals surface area (Å²) in [5.74, 6) is 2.15. The Morgan fingerprint density at radius 1 is 0.857 bits per heavy atom. The average molecular weight is 196 g/mol. The van der Waals surface area contributed by atoms with Crippen LogP contribution in [0.1, 0.15) is 78.1 Å². The number of hydrogen-bond acceptors (Lipinski definition) is 0. The molecule has 0 aromatic carbocycles. The molecule has 0 aromatic heterocycles. The Hall–Kier alpha value is 0. The molecule has 1 rings (SSSR count). The topological polar surface area (TPSA) is 0 Å². The van der Waals surface area contributed by atoms with Gasteiger partial charge in [-0.15, -0.1) is 0 Å². The van der Waals surface area contributed by atoms with Gasteiger partial charge >= 0.3 is 0 Å². The number of hydrogen-bond donors (Lipinski definition) is 0. The molecule has 1 aliphatic rings. The Kier molecular flexibility index (Phi) is 6.31. The van der Waals surface area contributed by atoms with Gasteiger partial charge in [0.05, 0.1) is 0 Å². The highest BCUT2D eigenvalue weighted by molar-refractivity contribution is 4.76. The molecule has 1 saturated carbocycles. The van der Waals surface area contributed by atoms with E-state index >= 15 is 0 Å². The Morgan fingerprint density at radius 2 is 1.50 bits per heavy atom. The predicted octanol–water partition coefficient (Wildman–Crippen LogP) is 5.17. The van der Waals surface area contributed by atoms with Crippen molar-refractivity contribution >= 4 is 0 Å². The van der Waals surface area contributed by atoms with Crippen molar-refractivity contribution in [3.8, 4) is 0 Å². The fourth-order valence-electron chi connectivity index (χ4n) is 2.53. The normalized spacial score (nSPS) is 26.1. The van der Waals surface area contributed by atoms with E-state index in [0.717, 1.165) is 11.8 Å². The fourth-order valence-corrected chi connectivity index (χ4v) is 2.53. The smallest absolute Gasteiger partial charge is 0.0388 e. The average Bonchev–Trinajstić information content (AvgIpc) is 2.20. The molecule has 0 bridgehead atoms. The molecule has 1 fully saturated rings. The van der Waals surface area contributed by atoms with E-state index < -0.39 is 0 Å². The summed E-state index contributed by atoms with van der Waals surface area (Å²) in [6.45, 7) is 4.72. The maximum atomic E-state index is 2.43. The zero-order valence-corrected chi connectivity index (χ0v) is 10.2. The maximum absolute atomic E-state index is 2.43. The summed E-state index contributed by atoms with van der Waals surface area (Å²) in [6, 6.07) is 0. The van der Waals surface area contributed by atoms with E-state index in [0.29, 0.717) is 0 Å². The third kappa shape index (κ3) is 4.48.